The summed E-state index contributed by atoms with van der Waals surface area (Å²) in [6, 6.07) is 1.57. The second-order valence-corrected chi connectivity index (χ2v) is 3.50. The van der Waals surface area contributed by atoms with E-state index in [1.54, 1.807) is 0 Å². The Bertz CT molecular complexity index is 619. The Morgan fingerprint density at radius 3 is 2.47 bits per heavy atom. The second-order valence-electron chi connectivity index (χ2n) is 3.50. The Morgan fingerprint density at radius 2 is 1.88 bits per heavy atom. The average molecular weight is 243 g/mol. The van der Waals surface area contributed by atoms with Crippen LogP contribution in [0, 0.1) is 17.5 Å². The smallest absolute Gasteiger partial charge is 0.354 e. The summed E-state index contributed by atoms with van der Waals surface area (Å²) in [6.45, 7) is 0. The Balaban J connectivity index is 2.87. The zero-order valence-electron chi connectivity index (χ0n) is 9.05. The number of aryl methyl sites for hydroxylation is 1. The van der Waals surface area contributed by atoms with Gasteiger partial charge in [0.25, 0.3) is 0 Å². The number of carbonyl (C=O) groups is 1. The highest BCUT2D eigenvalue weighted by Gasteiger charge is 2.21. The van der Waals surface area contributed by atoms with E-state index in [-0.39, 0.29) is 16.6 Å². The molecule has 0 aliphatic heterocycles. The first-order valence-electron chi connectivity index (χ1n) is 4.68. The molecule has 1 heterocycles. The van der Waals surface area contributed by atoms with Crippen LogP contribution >= 0.6 is 0 Å². The third-order valence-corrected chi connectivity index (χ3v) is 2.56. The van der Waals surface area contributed by atoms with Crippen molar-refractivity contribution in [1.29, 1.82) is 0 Å². The first-order valence-corrected chi connectivity index (χ1v) is 4.68. The van der Waals surface area contributed by atoms with Gasteiger partial charge in [-0.15, -0.1) is 0 Å². The van der Waals surface area contributed by atoms with E-state index >= 15 is 0 Å². The number of methoxy groups -OCH3 is 1. The van der Waals surface area contributed by atoms with Crippen molar-refractivity contribution in [3.05, 3.63) is 35.3 Å². The fourth-order valence-corrected chi connectivity index (χ4v) is 1.72. The van der Waals surface area contributed by atoms with Crippen LogP contribution in [0.1, 0.15) is 10.5 Å². The molecule has 0 aliphatic carbocycles. The molecule has 0 bridgehead atoms. The normalized spacial score (nSPS) is 10.9. The summed E-state index contributed by atoms with van der Waals surface area (Å²) in [6.07, 6.45) is 0. The van der Waals surface area contributed by atoms with E-state index in [2.05, 4.69) is 4.74 Å². The topological polar surface area (TPSA) is 31.2 Å². The maximum Gasteiger partial charge on any atom is 0.354 e. The van der Waals surface area contributed by atoms with Gasteiger partial charge in [0.15, 0.2) is 11.6 Å². The van der Waals surface area contributed by atoms with Crippen molar-refractivity contribution in [3.63, 3.8) is 0 Å². The van der Waals surface area contributed by atoms with Crippen molar-refractivity contribution in [2.45, 2.75) is 0 Å². The lowest BCUT2D eigenvalue weighted by molar-refractivity contribution is 0.0590. The molecule has 0 N–H and O–H groups in total. The molecule has 2 rings (SSSR count). The minimum Gasteiger partial charge on any atom is -0.464 e. The minimum absolute atomic E-state index is 0.0501. The van der Waals surface area contributed by atoms with Gasteiger partial charge in [-0.1, -0.05) is 0 Å². The van der Waals surface area contributed by atoms with E-state index in [1.165, 1.54) is 7.05 Å². The lowest BCUT2D eigenvalue weighted by Gasteiger charge is -2.03. The van der Waals surface area contributed by atoms with Crippen molar-refractivity contribution < 1.29 is 22.7 Å². The standard InChI is InChI=1S/C11H8F3NO2/c1-15-8(11(16)17-2)3-5-6(12)4-7(13)9(14)10(5)15/h3-4H,1-2H3. The highest BCUT2D eigenvalue weighted by molar-refractivity contribution is 5.96. The summed E-state index contributed by atoms with van der Waals surface area (Å²) in [4.78, 5) is 11.3. The minimum atomic E-state index is -1.30. The average Bonchev–Trinajstić information content (AvgIpc) is 2.64. The van der Waals surface area contributed by atoms with Crippen LogP contribution in [-0.4, -0.2) is 17.6 Å². The fourth-order valence-electron chi connectivity index (χ4n) is 1.72. The molecule has 6 heteroatoms. The van der Waals surface area contributed by atoms with Crippen molar-refractivity contribution in [3.8, 4) is 0 Å². The first-order chi connectivity index (χ1) is 7.97. The maximum atomic E-state index is 13.5. The van der Waals surface area contributed by atoms with Crippen LogP contribution in [0.15, 0.2) is 12.1 Å². The molecule has 0 fully saturated rings. The largest absolute Gasteiger partial charge is 0.464 e. The Morgan fingerprint density at radius 1 is 1.24 bits per heavy atom. The summed E-state index contributed by atoms with van der Waals surface area (Å²) in [7, 11) is 2.48. The van der Waals surface area contributed by atoms with E-state index in [0.29, 0.717) is 6.07 Å². The second kappa shape index (κ2) is 3.80. The monoisotopic (exact) mass is 243 g/mol. The zero-order valence-corrected chi connectivity index (χ0v) is 9.05. The van der Waals surface area contributed by atoms with Crippen LogP contribution in [-0.2, 0) is 11.8 Å². The molecule has 17 heavy (non-hydrogen) atoms. The van der Waals surface area contributed by atoms with Gasteiger partial charge < -0.3 is 9.30 Å². The first kappa shape index (κ1) is 11.5. The van der Waals surface area contributed by atoms with Gasteiger partial charge >= 0.3 is 5.97 Å². The van der Waals surface area contributed by atoms with E-state index in [0.717, 1.165) is 17.7 Å². The van der Waals surface area contributed by atoms with Crippen molar-refractivity contribution >= 4 is 16.9 Å². The van der Waals surface area contributed by atoms with Gasteiger partial charge in [-0.25, -0.2) is 18.0 Å². The Kier molecular flexibility index (Phi) is 2.57. The number of aromatic nitrogens is 1. The molecule has 90 valence electrons. The molecule has 3 nitrogen and oxygen atoms in total. The molecule has 0 radical (unpaired) electrons. The van der Waals surface area contributed by atoms with Gasteiger partial charge in [-0.2, -0.15) is 0 Å². The maximum absolute atomic E-state index is 13.5. The van der Waals surface area contributed by atoms with Gasteiger partial charge in [0.2, 0.25) is 0 Å². The molecule has 0 saturated heterocycles. The predicted octanol–water partition coefficient (Wildman–Crippen LogP) is 2.38. The number of nitrogens with zero attached hydrogens (tertiary/aromatic N) is 1. The summed E-state index contributed by atoms with van der Waals surface area (Å²) >= 11 is 0. The van der Waals surface area contributed by atoms with E-state index < -0.39 is 23.4 Å². The van der Waals surface area contributed by atoms with Crippen molar-refractivity contribution in [2.24, 2.45) is 7.05 Å². The Labute approximate surface area is 94.4 Å². The van der Waals surface area contributed by atoms with Gasteiger partial charge in [-0.3, -0.25) is 0 Å². The molecule has 2 aromatic rings. The SMILES string of the molecule is COC(=O)c1cc2c(F)cc(F)c(F)c2n1C. The van der Waals surface area contributed by atoms with Crippen molar-refractivity contribution in [1.82, 2.24) is 4.57 Å². The molecule has 0 amide bonds. The highest BCUT2D eigenvalue weighted by Crippen LogP contribution is 2.26. The van der Waals surface area contributed by atoms with Crippen LogP contribution in [0.2, 0.25) is 0 Å². The molecule has 0 aliphatic rings. The van der Waals surface area contributed by atoms with Crippen molar-refractivity contribution in [2.75, 3.05) is 7.11 Å². The fraction of sp³-hybridized carbons (Fsp3) is 0.182. The van der Waals surface area contributed by atoms with Crippen LogP contribution in [0.5, 0.6) is 0 Å². The summed E-state index contributed by atoms with van der Waals surface area (Å²) < 4.78 is 45.5. The molecule has 0 atom stereocenters. The number of ether oxygens (including phenoxy) is 1. The van der Waals surface area contributed by atoms with Crippen LogP contribution in [0.4, 0.5) is 13.2 Å². The predicted molar refractivity (Wildman–Crippen MR) is 54.1 cm³/mol. The number of esters is 1. The number of carbonyl (C=O) groups excluding carboxylic acids is 1. The molecule has 0 saturated carbocycles. The number of hydrogen-bond acceptors (Lipinski definition) is 2. The van der Waals surface area contributed by atoms with Crippen LogP contribution in [0.3, 0.4) is 0 Å². The van der Waals surface area contributed by atoms with Gasteiger partial charge in [0, 0.05) is 18.5 Å². The number of hydrogen-bond donors (Lipinski definition) is 0. The third kappa shape index (κ3) is 1.56. The number of fused-ring (bicyclic) bond motifs is 1. The van der Waals surface area contributed by atoms with E-state index in [9.17, 15) is 18.0 Å². The lowest BCUT2D eigenvalue weighted by atomic mass is 10.2. The number of halogens is 3. The van der Waals surface area contributed by atoms with E-state index in [1.807, 2.05) is 0 Å². The molecular weight excluding hydrogens is 235 g/mol. The number of rotatable bonds is 1. The summed E-state index contributed by atoms with van der Waals surface area (Å²) in [5.74, 6) is -4.17. The van der Waals surface area contributed by atoms with Gasteiger partial charge in [-0.05, 0) is 6.07 Å². The Hall–Kier alpha value is -1.98. The molecule has 0 spiro atoms. The third-order valence-electron chi connectivity index (χ3n) is 2.56. The molecular formula is C11H8F3NO2. The highest BCUT2D eigenvalue weighted by atomic mass is 19.2. The quantitative estimate of drug-likeness (QED) is 0.568. The molecule has 1 aromatic carbocycles. The number of benzene rings is 1. The lowest BCUT2D eigenvalue weighted by Crippen LogP contribution is -2.07. The van der Waals surface area contributed by atoms with Crippen LogP contribution < -0.4 is 0 Å². The molecule has 1 aromatic heterocycles. The van der Waals surface area contributed by atoms with E-state index in [4.69, 9.17) is 0 Å². The summed E-state index contributed by atoms with van der Waals surface area (Å²) in [5.41, 5.74) is -0.353. The van der Waals surface area contributed by atoms with Gasteiger partial charge in [0.1, 0.15) is 11.5 Å². The zero-order chi connectivity index (χ0) is 12.7. The summed E-state index contributed by atoms with van der Waals surface area (Å²) in [5, 5.41) is -0.160. The molecule has 0 unspecified atom stereocenters. The van der Waals surface area contributed by atoms with Crippen LogP contribution in [0.25, 0.3) is 10.9 Å². The van der Waals surface area contributed by atoms with Gasteiger partial charge in [0.05, 0.1) is 12.6 Å².